The summed E-state index contributed by atoms with van der Waals surface area (Å²) in [5.74, 6) is -2.47. The second-order valence-corrected chi connectivity index (χ2v) is 9.90. The second kappa shape index (κ2) is 8.85. The maximum Gasteiger partial charge on any atom is 0.471 e. The summed E-state index contributed by atoms with van der Waals surface area (Å²) in [5.41, 5.74) is 0.812. The number of hydrogen-bond acceptors (Lipinski definition) is 6. The van der Waals surface area contributed by atoms with Gasteiger partial charge < -0.3 is 4.52 Å². The van der Waals surface area contributed by atoms with Gasteiger partial charge in [-0.05, 0) is 36.4 Å². The molecule has 34 heavy (non-hydrogen) atoms. The summed E-state index contributed by atoms with van der Waals surface area (Å²) in [6.45, 7) is 0. The summed E-state index contributed by atoms with van der Waals surface area (Å²) in [7, 11) is -3.25. The largest absolute Gasteiger partial charge is 0.471 e. The van der Waals surface area contributed by atoms with Crippen LogP contribution in [0.2, 0.25) is 10.0 Å². The van der Waals surface area contributed by atoms with Gasteiger partial charge in [0.1, 0.15) is 0 Å². The molecule has 8 nitrogen and oxygen atoms in total. The Morgan fingerprint density at radius 3 is 2.35 bits per heavy atom. The summed E-state index contributed by atoms with van der Waals surface area (Å²) in [6.07, 6.45) is -0.893. The van der Waals surface area contributed by atoms with E-state index < -0.39 is 27.7 Å². The molecule has 2 aromatic heterocycles. The number of alkyl halides is 3. The van der Waals surface area contributed by atoms with Crippen molar-refractivity contribution in [3.8, 4) is 17.1 Å². The van der Waals surface area contributed by atoms with Gasteiger partial charge in [0, 0.05) is 18.0 Å². The van der Waals surface area contributed by atoms with Crippen molar-refractivity contribution in [2.45, 2.75) is 11.1 Å². The Morgan fingerprint density at radius 1 is 1.12 bits per heavy atom. The third kappa shape index (κ3) is 4.83. The van der Waals surface area contributed by atoms with Crippen molar-refractivity contribution in [1.29, 1.82) is 0 Å². The number of aromatic nitrogens is 4. The molecule has 0 saturated heterocycles. The summed E-state index contributed by atoms with van der Waals surface area (Å²) >= 11 is 12.2. The van der Waals surface area contributed by atoms with E-state index in [0.29, 0.717) is 5.69 Å². The van der Waals surface area contributed by atoms with Crippen molar-refractivity contribution >= 4 is 38.8 Å². The van der Waals surface area contributed by atoms with Crippen molar-refractivity contribution in [3.63, 3.8) is 0 Å². The monoisotopic (exact) mass is 529 g/mol. The number of halogens is 5. The lowest BCUT2D eigenvalue weighted by Gasteiger charge is -2.08. The third-order valence-corrected chi connectivity index (χ3v) is 7.01. The zero-order valence-electron chi connectivity index (χ0n) is 17.0. The normalized spacial score (nSPS) is 13.5. The molecular formula is C20H12Cl2F3N5O3S. The molecule has 2 heterocycles. The summed E-state index contributed by atoms with van der Waals surface area (Å²) in [4.78, 5) is 16.0. The average Bonchev–Trinajstić information content (AvgIpc) is 3.43. The summed E-state index contributed by atoms with van der Waals surface area (Å²) < 4.78 is 60.3. The first kappa shape index (κ1) is 23.9. The number of benzene rings is 2. The van der Waals surface area contributed by atoms with Crippen LogP contribution in [0.4, 0.5) is 13.2 Å². The Morgan fingerprint density at radius 2 is 1.76 bits per heavy atom. The predicted octanol–water partition coefficient (Wildman–Crippen LogP) is 5.55. The first-order valence-corrected chi connectivity index (χ1v) is 11.9. The lowest BCUT2D eigenvalue weighted by atomic mass is 10.2. The quantitative estimate of drug-likeness (QED) is 0.343. The molecule has 0 fully saturated rings. The minimum Gasteiger partial charge on any atom is -0.329 e. The van der Waals surface area contributed by atoms with Crippen LogP contribution in [0, 0.1) is 0 Å². The highest BCUT2D eigenvalue weighted by atomic mass is 35.5. The van der Waals surface area contributed by atoms with Crippen molar-refractivity contribution < 1.29 is 26.7 Å². The van der Waals surface area contributed by atoms with Gasteiger partial charge in [-0.15, -0.1) is 0 Å². The van der Waals surface area contributed by atoms with E-state index in [2.05, 4.69) is 24.1 Å². The van der Waals surface area contributed by atoms with Crippen LogP contribution in [0.15, 0.2) is 68.6 Å². The predicted molar refractivity (Wildman–Crippen MR) is 117 cm³/mol. The molecule has 14 heteroatoms. The van der Waals surface area contributed by atoms with Crippen LogP contribution < -0.4 is 0 Å². The SMILES string of the molecule is CS(=O)(=NC(=O)c1cnn(-c2ccc(-c3noc(C(F)(F)F)n3)cc2)c1)c1c(Cl)cccc1Cl. The Hall–Kier alpha value is -3.22. The Kier molecular flexibility index (Phi) is 6.23. The molecule has 1 unspecified atom stereocenters. The fourth-order valence-corrected chi connectivity index (χ4v) is 5.52. The zero-order chi connectivity index (χ0) is 24.7. The molecule has 176 valence electrons. The molecule has 1 atom stereocenters. The molecule has 4 aromatic rings. The molecule has 0 aliphatic rings. The van der Waals surface area contributed by atoms with E-state index in [-0.39, 0.29) is 31.9 Å². The number of hydrogen-bond donors (Lipinski definition) is 0. The van der Waals surface area contributed by atoms with Gasteiger partial charge in [-0.2, -0.15) is 27.6 Å². The third-order valence-electron chi connectivity index (χ3n) is 4.44. The van der Waals surface area contributed by atoms with Crippen molar-refractivity contribution in [2.75, 3.05) is 6.26 Å². The van der Waals surface area contributed by atoms with Gasteiger partial charge in [0.25, 0.3) is 5.91 Å². The fourth-order valence-electron chi connectivity index (χ4n) is 2.89. The molecule has 2 aromatic carbocycles. The van der Waals surface area contributed by atoms with Gasteiger partial charge in [-0.3, -0.25) is 4.79 Å². The van der Waals surface area contributed by atoms with Crippen LogP contribution in [0.25, 0.3) is 17.1 Å². The Bertz CT molecular complexity index is 1490. The maximum atomic E-state index is 13.1. The Balaban J connectivity index is 1.58. The highest BCUT2D eigenvalue weighted by Crippen LogP contribution is 2.31. The summed E-state index contributed by atoms with van der Waals surface area (Å²) in [5, 5.41) is 7.64. The van der Waals surface area contributed by atoms with Gasteiger partial charge in [0.2, 0.25) is 5.82 Å². The smallest absolute Gasteiger partial charge is 0.329 e. The molecule has 4 rings (SSSR count). The molecule has 0 saturated carbocycles. The average molecular weight is 530 g/mol. The molecule has 1 amide bonds. The summed E-state index contributed by atoms with van der Waals surface area (Å²) in [6, 6.07) is 10.6. The first-order chi connectivity index (χ1) is 16.0. The molecule has 0 aliphatic heterocycles. The van der Waals surface area contributed by atoms with Crippen LogP contribution in [-0.4, -0.2) is 36.3 Å². The van der Waals surface area contributed by atoms with Crippen molar-refractivity contribution in [3.05, 3.63) is 76.4 Å². The Labute approximate surface area is 200 Å². The number of carbonyl (C=O) groups is 1. The number of amides is 1. The van der Waals surface area contributed by atoms with E-state index in [9.17, 15) is 22.2 Å². The number of nitrogens with zero attached hydrogens (tertiary/aromatic N) is 5. The second-order valence-electron chi connectivity index (χ2n) is 6.89. The van der Waals surface area contributed by atoms with E-state index >= 15 is 0 Å². The molecule has 0 aliphatic carbocycles. The minimum atomic E-state index is -4.74. The number of rotatable bonds is 4. The van der Waals surface area contributed by atoms with Crippen LogP contribution in [0.1, 0.15) is 16.2 Å². The molecule has 0 bridgehead atoms. The van der Waals surface area contributed by atoms with Crippen molar-refractivity contribution in [1.82, 2.24) is 19.9 Å². The van der Waals surface area contributed by atoms with E-state index in [4.69, 9.17) is 23.2 Å². The molecule has 0 N–H and O–H groups in total. The minimum absolute atomic E-state index is 0.0508. The van der Waals surface area contributed by atoms with Gasteiger partial charge in [0.05, 0.1) is 42.1 Å². The highest BCUT2D eigenvalue weighted by molar-refractivity contribution is 7.93. The molecule has 0 radical (unpaired) electrons. The van der Waals surface area contributed by atoms with Crippen molar-refractivity contribution in [2.24, 2.45) is 4.36 Å². The first-order valence-electron chi connectivity index (χ1n) is 9.22. The number of carbonyl (C=O) groups excluding carboxylic acids is 1. The van der Waals surface area contributed by atoms with Gasteiger partial charge >= 0.3 is 12.1 Å². The van der Waals surface area contributed by atoms with Crippen LogP contribution in [0.5, 0.6) is 0 Å². The van der Waals surface area contributed by atoms with E-state index in [1.165, 1.54) is 59.7 Å². The lowest BCUT2D eigenvalue weighted by molar-refractivity contribution is -0.159. The highest BCUT2D eigenvalue weighted by Gasteiger charge is 2.38. The van der Waals surface area contributed by atoms with Crippen LogP contribution in [-0.2, 0) is 15.9 Å². The van der Waals surface area contributed by atoms with Crippen LogP contribution in [0.3, 0.4) is 0 Å². The van der Waals surface area contributed by atoms with Gasteiger partial charge in [-0.1, -0.05) is 34.4 Å². The topological polar surface area (TPSA) is 103 Å². The maximum absolute atomic E-state index is 13.1. The lowest BCUT2D eigenvalue weighted by Crippen LogP contribution is -2.05. The van der Waals surface area contributed by atoms with Gasteiger partial charge in [0.15, 0.2) is 0 Å². The van der Waals surface area contributed by atoms with Gasteiger partial charge in [-0.25, -0.2) is 8.89 Å². The fraction of sp³-hybridized carbons (Fsp3) is 0.100. The van der Waals surface area contributed by atoms with Crippen LogP contribution >= 0.6 is 23.2 Å². The standard InChI is InChI=1S/C20H12Cl2F3N5O3S/c1-34(32,16-14(21)3-2-4-15(16)22)29-18(31)12-9-26-30(10-12)13-7-5-11(6-8-13)17-27-19(33-28-17)20(23,24)25/h2-10H,1H3. The molecule has 0 spiro atoms. The zero-order valence-corrected chi connectivity index (χ0v) is 19.3. The molecular weight excluding hydrogens is 518 g/mol. The van der Waals surface area contributed by atoms with E-state index in [1.54, 1.807) is 6.07 Å². The van der Waals surface area contributed by atoms with E-state index in [0.717, 1.165) is 0 Å². The van der Waals surface area contributed by atoms with E-state index in [1.807, 2.05) is 0 Å².